The molecule has 0 aliphatic carbocycles. The average Bonchev–Trinajstić information content (AvgIpc) is 2.30. The van der Waals surface area contributed by atoms with Crippen LogP contribution in [0.2, 0.25) is 5.02 Å². The van der Waals surface area contributed by atoms with Crippen LogP contribution in [0, 0.1) is 12.7 Å². The molecule has 0 aliphatic heterocycles. The molecule has 0 fully saturated rings. The molecule has 0 aliphatic rings. The largest absolute Gasteiger partial charge is 0.289 e. The Morgan fingerprint density at radius 3 is 2.50 bits per heavy atom. The van der Waals surface area contributed by atoms with Gasteiger partial charge in [0.1, 0.15) is 5.82 Å². The highest BCUT2D eigenvalue weighted by molar-refractivity contribution is 9.10. The predicted molar refractivity (Wildman–Crippen MR) is 73.7 cm³/mol. The van der Waals surface area contributed by atoms with Gasteiger partial charge in [0.25, 0.3) is 0 Å². The quantitative estimate of drug-likeness (QED) is 0.725. The van der Waals surface area contributed by atoms with Crippen LogP contribution >= 0.6 is 27.5 Å². The van der Waals surface area contributed by atoms with Gasteiger partial charge in [0.15, 0.2) is 5.78 Å². The number of benzene rings is 2. The van der Waals surface area contributed by atoms with Gasteiger partial charge in [-0.05, 0) is 48.9 Å². The van der Waals surface area contributed by atoms with Crippen LogP contribution in [0.25, 0.3) is 0 Å². The molecule has 1 nitrogen and oxygen atoms in total. The van der Waals surface area contributed by atoms with E-state index in [-0.39, 0.29) is 11.6 Å². The Kier molecular flexibility index (Phi) is 3.83. The zero-order valence-corrected chi connectivity index (χ0v) is 11.8. The molecule has 0 heterocycles. The molecule has 0 atom stereocenters. The van der Waals surface area contributed by atoms with Gasteiger partial charge in [0.2, 0.25) is 0 Å². The monoisotopic (exact) mass is 326 g/mol. The van der Waals surface area contributed by atoms with Gasteiger partial charge in [-0.1, -0.05) is 27.5 Å². The molecule has 0 saturated heterocycles. The number of hydrogen-bond acceptors (Lipinski definition) is 1. The lowest BCUT2D eigenvalue weighted by atomic mass is 10.0. The highest BCUT2D eigenvalue weighted by atomic mass is 79.9. The Morgan fingerprint density at radius 1 is 1.17 bits per heavy atom. The molecule has 2 aromatic carbocycles. The third kappa shape index (κ3) is 2.79. The maximum absolute atomic E-state index is 13.2. The van der Waals surface area contributed by atoms with Gasteiger partial charge in [-0.3, -0.25) is 4.79 Å². The molecule has 0 bridgehead atoms. The number of hydrogen-bond donors (Lipinski definition) is 0. The summed E-state index contributed by atoms with van der Waals surface area (Å²) in [6, 6.07) is 9.28. The molecule has 0 radical (unpaired) electrons. The fraction of sp³-hybridized carbons (Fsp3) is 0.0714. The summed E-state index contributed by atoms with van der Waals surface area (Å²) in [7, 11) is 0. The summed E-state index contributed by atoms with van der Waals surface area (Å²) in [5, 5.41) is 0.478. The molecule has 0 N–H and O–H groups in total. The van der Waals surface area contributed by atoms with Crippen molar-refractivity contribution in [3.8, 4) is 0 Å². The molecule has 0 aromatic heterocycles. The smallest absolute Gasteiger partial charge is 0.193 e. The van der Waals surface area contributed by atoms with Gasteiger partial charge in [-0.15, -0.1) is 0 Å². The predicted octanol–water partition coefficient (Wildman–Crippen LogP) is 4.78. The Hall–Kier alpha value is -1.19. The van der Waals surface area contributed by atoms with E-state index in [0.29, 0.717) is 21.7 Å². The molecule has 0 amide bonds. The van der Waals surface area contributed by atoms with Crippen LogP contribution in [-0.4, -0.2) is 5.78 Å². The van der Waals surface area contributed by atoms with Gasteiger partial charge in [0, 0.05) is 20.6 Å². The van der Waals surface area contributed by atoms with Crippen molar-refractivity contribution < 1.29 is 9.18 Å². The third-order valence-corrected chi connectivity index (χ3v) is 3.22. The summed E-state index contributed by atoms with van der Waals surface area (Å²) >= 11 is 9.18. The van der Waals surface area contributed by atoms with Gasteiger partial charge in [-0.2, -0.15) is 0 Å². The molecule has 0 spiro atoms. The van der Waals surface area contributed by atoms with Crippen LogP contribution in [0.5, 0.6) is 0 Å². The number of carbonyl (C=O) groups is 1. The van der Waals surface area contributed by atoms with Crippen molar-refractivity contribution in [1.82, 2.24) is 0 Å². The van der Waals surface area contributed by atoms with E-state index in [4.69, 9.17) is 11.6 Å². The Bertz CT molecular complexity index is 605. The molecule has 4 heteroatoms. The summed E-state index contributed by atoms with van der Waals surface area (Å²) < 4.78 is 13.9. The maximum Gasteiger partial charge on any atom is 0.193 e. The van der Waals surface area contributed by atoms with Crippen molar-refractivity contribution in [2.75, 3.05) is 0 Å². The maximum atomic E-state index is 13.2. The third-order valence-electron chi connectivity index (χ3n) is 2.54. The first-order valence-electron chi connectivity index (χ1n) is 5.24. The first kappa shape index (κ1) is 13.2. The van der Waals surface area contributed by atoms with Gasteiger partial charge in [0.05, 0.1) is 0 Å². The fourth-order valence-corrected chi connectivity index (χ4v) is 2.50. The summed E-state index contributed by atoms with van der Waals surface area (Å²) in [5.41, 5.74) is 1.37. The average molecular weight is 328 g/mol. The van der Waals surface area contributed by atoms with E-state index >= 15 is 0 Å². The van der Waals surface area contributed by atoms with E-state index < -0.39 is 0 Å². The van der Waals surface area contributed by atoms with Crippen molar-refractivity contribution in [2.45, 2.75) is 6.92 Å². The van der Waals surface area contributed by atoms with Crippen LogP contribution in [0.4, 0.5) is 4.39 Å². The molecule has 92 valence electrons. The lowest BCUT2D eigenvalue weighted by molar-refractivity contribution is 0.103. The van der Waals surface area contributed by atoms with Crippen LogP contribution in [0.15, 0.2) is 40.9 Å². The molecule has 0 saturated carbocycles. The molecule has 18 heavy (non-hydrogen) atoms. The lowest BCUT2D eigenvalue weighted by Crippen LogP contribution is -2.02. The molecular weight excluding hydrogens is 319 g/mol. The summed E-state index contributed by atoms with van der Waals surface area (Å²) in [5.74, 6) is -0.500. The van der Waals surface area contributed by atoms with E-state index in [1.165, 1.54) is 18.2 Å². The highest BCUT2D eigenvalue weighted by Crippen LogP contribution is 2.22. The van der Waals surface area contributed by atoms with Crippen LogP contribution in [0.3, 0.4) is 0 Å². The SMILES string of the molecule is Cc1cc(C(=O)c2cc(Cl)cc(Br)c2)ccc1F. The van der Waals surface area contributed by atoms with E-state index in [2.05, 4.69) is 15.9 Å². The van der Waals surface area contributed by atoms with Crippen molar-refractivity contribution in [1.29, 1.82) is 0 Å². The van der Waals surface area contributed by atoms with Crippen LogP contribution < -0.4 is 0 Å². The number of halogens is 3. The van der Waals surface area contributed by atoms with E-state index in [9.17, 15) is 9.18 Å². The van der Waals surface area contributed by atoms with Crippen molar-refractivity contribution in [3.05, 3.63) is 68.4 Å². The summed E-state index contributed by atoms with van der Waals surface area (Å²) in [4.78, 5) is 12.2. The van der Waals surface area contributed by atoms with E-state index in [1.807, 2.05) is 0 Å². The van der Waals surface area contributed by atoms with Crippen molar-refractivity contribution in [3.63, 3.8) is 0 Å². The van der Waals surface area contributed by atoms with Gasteiger partial charge < -0.3 is 0 Å². The first-order valence-corrected chi connectivity index (χ1v) is 6.41. The minimum atomic E-state index is -0.321. The Morgan fingerprint density at radius 2 is 1.89 bits per heavy atom. The zero-order valence-electron chi connectivity index (χ0n) is 9.51. The second-order valence-electron chi connectivity index (χ2n) is 3.95. The minimum Gasteiger partial charge on any atom is -0.289 e. The Balaban J connectivity index is 2.44. The number of carbonyl (C=O) groups excluding carboxylic acids is 1. The zero-order chi connectivity index (χ0) is 13.3. The lowest BCUT2D eigenvalue weighted by Gasteiger charge is -2.04. The van der Waals surface area contributed by atoms with Gasteiger partial charge >= 0.3 is 0 Å². The number of ketones is 1. The fourth-order valence-electron chi connectivity index (χ4n) is 1.64. The Labute approximate surface area is 118 Å². The summed E-state index contributed by atoms with van der Waals surface area (Å²) in [6.45, 7) is 1.63. The summed E-state index contributed by atoms with van der Waals surface area (Å²) in [6.07, 6.45) is 0. The molecule has 2 rings (SSSR count). The standard InChI is InChI=1S/C14H9BrClFO/c1-8-4-9(2-3-13(8)17)14(18)10-5-11(15)7-12(16)6-10/h2-7H,1H3. The van der Waals surface area contributed by atoms with E-state index in [1.54, 1.807) is 25.1 Å². The van der Waals surface area contributed by atoms with Crippen molar-refractivity contribution >= 4 is 33.3 Å². The topological polar surface area (TPSA) is 17.1 Å². The van der Waals surface area contributed by atoms with Crippen LogP contribution in [-0.2, 0) is 0 Å². The van der Waals surface area contributed by atoms with Crippen LogP contribution in [0.1, 0.15) is 21.5 Å². The molecular formula is C14H9BrClFO. The molecule has 2 aromatic rings. The van der Waals surface area contributed by atoms with Gasteiger partial charge in [-0.25, -0.2) is 4.39 Å². The molecule has 0 unspecified atom stereocenters. The second kappa shape index (κ2) is 5.21. The highest BCUT2D eigenvalue weighted by Gasteiger charge is 2.12. The number of rotatable bonds is 2. The minimum absolute atomic E-state index is 0.179. The second-order valence-corrected chi connectivity index (χ2v) is 5.30. The number of aryl methyl sites for hydroxylation is 1. The first-order chi connectivity index (χ1) is 8.47. The normalized spacial score (nSPS) is 10.4. The van der Waals surface area contributed by atoms with Crippen molar-refractivity contribution in [2.24, 2.45) is 0 Å². The van der Waals surface area contributed by atoms with E-state index in [0.717, 1.165) is 4.47 Å².